The molecule has 158 valence electrons. The number of anilines is 2. The van der Waals surface area contributed by atoms with Gasteiger partial charge in [-0.15, -0.1) is 0 Å². The number of rotatable bonds is 5. The van der Waals surface area contributed by atoms with E-state index in [4.69, 9.17) is 4.74 Å². The van der Waals surface area contributed by atoms with Gasteiger partial charge in [0.15, 0.2) is 6.10 Å². The van der Waals surface area contributed by atoms with Gasteiger partial charge in [-0.1, -0.05) is 30.3 Å². The molecular weight excluding hydrogens is 380 g/mol. The van der Waals surface area contributed by atoms with Crippen molar-refractivity contribution in [2.24, 2.45) is 5.92 Å². The number of amides is 2. The summed E-state index contributed by atoms with van der Waals surface area (Å²) in [5, 5.41) is 2.84. The zero-order valence-electron chi connectivity index (χ0n) is 18.1. The summed E-state index contributed by atoms with van der Waals surface area (Å²) in [5.74, 6) is -1.62. The number of para-hydroxylation sites is 1. The Morgan fingerprint density at radius 2 is 1.63 bits per heavy atom. The summed E-state index contributed by atoms with van der Waals surface area (Å²) >= 11 is 0. The minimum atomic E-state index is -0.957. The van der Waals surface area contributed by atoms with E-state index in [0.29, 0.717) is 0 Å². The Kier molecular flexibility index (Phi) is 6.25. The summed E-state index contributed by atoms with van der Waals surface area (Å²) in [6, 6.07) is 11.5. The summed E-state index contributed by atoms with van der Waals surface area (Å²) in [6.45, 7) is 9.56. The molecule has 2 aromatic rings. The second kappa shape index (κ2) is 8.69. The van der Waals surface area contributed by atoms with Gasteiger partial charge in [-0.3, -0.25) is 14.4 Å². The standard InChI is InChI=1S/C24H28N2O4/c1-14-8-7-11-20(17(14)4)26-13-19(12-21(26)27)24(29)30-18(5)23(28)25-22-15(2)9-6-10-16(22)3/h6-11,18-19H,12-13H2,1-5H3,(H,25,28)/t18-,19-/m0/s1. The van der Waals surface area contributed by atoms with Gasteiger partial charge < -0.3 is 15.0 Å². The van der Waals surface area contributed by atoms with E-state index in [1.807, 2.05) is 64.1 Å². The monoisotopic (exact) mass is 408 g/mol. The molecule has 3 rings (SSSR count). The van der Waals surface area contributed by atoms with Crippen LogP contribution in [0.25, 0.3) is 0 Å². The largest absolute Gasteiger partial charge is 0.452 e. The molecule has 0 radical (unpaired) electrons. The van der Waals surface area contributed by atoms with Gasteiger partial charge in [0.1, 0.15) is 0 Å². The molecule has 30 heavy (non-hydrogen) atoms. The highest BCUT2D eigenvalue weighted by Gasteiger charge is 2.38. The highest BCUT2D eigenvalue weighted by atomic mass is 16.5. The minimum absolute atomic E-state index is 0.0808. The summed E-state index contributed by atoms with van der Waals surface area (Å²) < 4.78 is 5.40. The van der Waals surface area contributed by atoms with Gasteiger partial charge in [-0.05, 0) is 62.9 Å². The zero-order valence-corrected chi connectivity index (χ0v) is 18.1. The van der Waals surface area contributed by atoms with Crippen LogP contribution in [0.2, 0.25) is 0 Å². The maximum atomic E-state index is 12.6. The van der Waals surface area contributed by atoms with Crippen molar-refractivity contribution in [2.45, 2.75) is 47.1 Å². The maximum Gasteiger partial charge on any atom is 0.312 e. The van der Waals surface area contributed by atoms with E-state index >= 15 is 0 Å². The van der Waals surface area contributed by atoms with Crippen molar-refractivity contribution in [1.82, 2.24) is 0 Å². The van der Waals surface area contributed by atoms with Gasteiger partial charge in [0.2, 0.25) is 5.91 Å². The van der Waals surface area contributed by atoms with Gasteiger partial charge in [-0.2, -0.15) is 0 Å². The number of carbonyl (C=O) groups excluding carboxylic acids is 3. The third-order valence-electron chi connectivity index (χ3n) is 5.72. The molecule has 2 atom stereocenters. The number of aryl methyl sites for hydroxylation is 3. The molecule has 1 aliphatic rings. The SMILES string of the molecule is Cc1cccc(N2C[C@@H](C(=O)O[C@@H](C)C(=O)Nc3c(C)cccc3C)CC2=O)c1C. The molecule has 0 spiro atoms. The fourth-order valence-corrected chi connectivity index (χ4v) is 3.69. The average Bonchev–Trinajstić information content (AvgIpc) is 3.08. The number of carbonyl (C=O) groups is 3. The molecular formula is C24H28N2O4. The van der Waals surface area contributed by atoms with Gasteiger partial charge in [0, 0.05) is 24.3 Å². The van der Waals surface area contributed by atoms with Gasteiger partial charge >= 0.3 is 5.97 Å². The highest BCUT2D eigenvalue weighted by Crippen LogP contribution is 2.30. The lowest BCUT2D eigenvalue weighted by molar-refractivity contribution is -0.157. The van der Waals surface area contributed by atoms with Crippen LogP contribution in [0.15, 0.2) is 36.4 Å². The molecule has 1 saturated heterocycles. The first-order valence-electron chi connectivity index (χ1n) is 10.1. The highest BCUT2D eigenvalue weighted by molar-refractivity contribution is 6.01. The third kappa shape index (κ3) is 4.37. The van der Waals surface area contributed by atoms with Crippen LogP contribution in [-0.4, -0.2) is 30.4 Å². The summed E-state index contributed by atoms with van der Waals surface area (Å²) in [5.41, 5.74) is 5.52. The zero-order chi connectivity index (χ0) is 22.0. The lowest BCUT2D eigenvalue weighted by Crippen LogP contribution is -2.33. The summed E-state index contributed by atoms with van der Waals surface area (Å²) in [4.78, 5) is 39.3. The Morgan fingerprint density at radius 1 is 1.03 bits per heavy atom. The van der Waals surface area contributed by atoms with E-state index < -0.39 is 23.9 Å². The molecule has 1 heterocycles. The van der Waals surface area contributed by atoms with E-state index in [1.54, 1.807) is 11.8 Å². The van der Waals surface area contributed by atoms with Crippen LogP contribution in [0.3, 0.4) is 0 Å². The van der Waals surface area contributed by atoms with E-state index in [9.17, 15) is 14.4 Å². The predicted octanol–water partition coefficient (Wildman–Crippen LogP) is 3.84. The molecule has 2 amide bonds. The normalized spacial score (nSPS) is 17.0. The minimum Gasteiger partial charge on any atom is -0.452 e. The first-order valence-corrected chi connectivity index (χ1v) is 10.1. The van der Waals surface area contributed by atoms with Crippen LogP contribution in [-0.2, 0) is 19.1 Å². The molecule has 1 aliphatic heterocycles. The van der Waals surface area contributed by atoms with E-state index in [1.165, 1.54) is 0 Å². The van der Waals surface area contributed by atoms with Crippen molar-refractivity contribution < 1.29 is 19.1 Å². The molecule has 0 aliphatic carbocycles. The van der Waals surface area contributed by atoms with Crippen LogP contribution in [0.5, 0.6) is 0 Å². The second-order valence-electron chi connectivity index (χ2n) is 7.96. The van der Waals surface area contributed by atoms with Crippen molar-refractivity contribution in [3.05, 3.63) is 58.7 Å². The third-order valence-corrected chi connectivity index (χ3v) is 5.72. The number of benzene rings is 2. The van der Waals surface area contributed by atoms with E-state index in [-0.39, 0.29) is 18.9 Å². The van der Waals surface area contributed by atoms with Crippen LogP contribution in [0.4, 0.5) is 11.4 Å². The fraction of sp³-hybridized carbons (Fsp3) is 0.375. The number of esters is 1. The smallest absolute Gasteiger partial charge is 0.312 e. The molecule has 0 saturated carbocycles. The molecule has 1 N–H and O–H groups in total. The van der Waals surface area contributed by atoms with Gasteiger partial charge in [0.05, 0.1) is 5.92 Å². The Balaban J connectivity index is 1.64. The lowest BCUT2D eigenvalue weighted by Gasteiger charge is -2.20. The van der Waals surface area contributed by atoms with Crippen molar-refractivity contribution in [1.29, 1.82) is 0 Å². The van der Waals surface area contributed by atoms with Crippen molar-refractivity contribution in [3.8, 4) is 0 Å². The Bertz CT molecular complexity index is 978. The van der Waals surface area contributed by atoms with Gasteiger partial charge in [-0.25, -0.2) is 0 Å². The van der Waals surface area contributed by atoms with Crippen molar-refractivity contribution in [2.75, 3.05) is 16.8 Å². The maximum absolute atomic E-state index is 12.6. The second-order valence-corrected chi connectivity index (χ2v) is 7.96. The molecule has 0 unspecified atom stereocenters. The van der Waals surface area contributed by atoms with Crippen molar-refractivity contribution >= 4 is 29.2 Å². The van der Waals surface area contributed by atoms with Crippen molar-refractivity contribution in [3.63, 3.8) is 0 Å². The molecule has 6 heteroatoms. The molecule has 1 fully saturated rings. The van der Waals surface area contributed by atoms with Gasteiger partial charge in [0.25, 0.3) is 5.91 Å². The Hall–Kier alpha value is -3.15. The predicted molar refractivity (Wildman–Crippen MR) is 116 cm³/mol. The summed E-state index contributed by atoms with van der Waals surface area (Å²) in [7, 11) is 0. The molecule has 6 nitrogen and oxygen atoms in total. The number of hydrogen-bond acceptors (Lipinski definition) is 4. The first kappa shape index (κ1) is 21.6. The Morgan fingerprint density at radius 3 is 2.30 bits per heavy atom. The van der Waals surface area contributed by atoms with E-state index in [0.717, 1.165) is 33.6 Å². The molecule has 0 aromatic heterocycles. The topological polar surface area (TPSA) is 75.7 Å². The number of nitrogens with one attached hydrogen (secondary N) is 1. The van der Waals surface area contributed by atoms with E-state index in [2.05, 4.69) is 5.32 Å². The van der Waals surface area contributed by atoms with Crippen LogP contribution >= 0.6 is 0 Å². The Labute approximate surface area is 177 Å². The fourth-order valence-electron chi connectivity index (χ4n) is 3.69. The number of ether oxygens (including phenoxy) is 1. The molecule has 0 bridgehead atoms. The first-order chi connectivity index (χ1) is 14.2. The average molecular weight is 408 g/mol. The van der Waals surface area contributed by atoms with Crippen LogP contribution in [0, 0.1) is 33.6 Å². The molecule has 2 aromatic carbocycles. The van der Waals surface area contributed by atoms with Crippen LogP contribution < -0.4 is 10.2 Å². The van der Waals surface area contributed by atoms with Crippen LogP contribution in [0.1, 0.15) is 35.6 Å². The quantitative estimate of drug-likeness (QED) is 0.763. The number of hydrogen-bond donors (Lipinski definition) is 1. The lowest BCUT2D eigenvalue weighted by atomic mass is 10.1. The summed E-state index contributed by atoms with van der Waals surface area (Å²) in [6.07, 6.45) is -0.876. The number of nitrogens with zero attached hydrogens (tertiary/aromatic N) is 1.